The van der Waals surface area contributed by atoms with E-state index in [9.17, 15) is 9.59 Å². The van der Waals surface area contributed by atoms with Gasteiger partial charge in [-0.15, -0.1) is 0 Å². The Hall–Kier alpha value is -1.84. The molecule has 0 bridgehead atoms. The average Bonchev–Trinajstić information content (AvgIpc) is 2.30. The first-order valence-corrected chi connectivity index (χ1v) is 5.10. The van der Waals surface area contributed by atoms with E-state index in [0.29, 0.717) is 0 Å². The summed E-state index contributed by atoms with van der Waals surface area (Å²) in [6.07, 6.45) is 1.57. The quantitative estimate of drug-likeness (QED) is 0.773. The number of hydrogen-bond acceptors (Lipinski definition) is 2. The normalized spacial score (nSPS) is 11.9. The maximum Gasteiger partial charge on any atom is 0.335 e. The minimum Gasteiger partial charge on any atom is -0.478 e. The summed E-state index contributed by atoms with van der Waals surface area (Å²) in [5.41, 5.74) is 1.20. The van der Waals surface area contributed by atoms with Crippen molar-refractivity contribution in [2.24, 2.45) is 0 Å². The average molecular weight is 221 g/mol. The number of carbonyl (C=O) groups excluding carboxylic acids is 1. The lowest BCUT2D eigenvalue weighted by Gasteiger charge is -2.23. The van der Waals surface area contributed by atoms with E-state index in [4.69, 9.17) is 5.11 Å². The number of aromatic carboxylic acids is 1. The van der Waals surface area contributed by atoms with E-state index in [-0.39, 0.29) is 11.6 Å². The molecule has 0 saturated heterocycles. The van der Waals surface area contributed by atoms with Gasteiger partial charge >= 0.3 is 5.97 Å². The van der Waals surface area contributed by atoms with Crippen molar-refractivity contribution in [2.75, 3.05) is 7.05 Å². The SMILES string of the molecule is CCC(c1ccc(C(=O)O)cc1)N(C)C=O. The van der Waals surface area contributed by atoms with E-state index in [2.05, 4.69) is 0 Å². The van der Waals surface area contributed by atoms with Crippen LogP contribution in [0.5, 0.6) is 0 Å². The fraction of sp³-hybridized carbons (Fsp3) is 0.333. The summed E-state index contributed by atoms with van der Waals surface area (Å²) < 4.78 is 0. The molecule has 86 valence electrons. The predicted octanol–water partition coefficient (Wildman–Crippen LogP) is 1.92. The van der Waals surface area contributed by atoms with Crippen LogP contribution < -0.4 is 0 Å². The van der Waals surface area contributed by atoms with Gasteiger partial charge in [-0.05, 0) is 24.1 Å². The number of rotatable bonds is 5. The summed E-state index contributed by atoms with van der Waals surface area (Å²) >= 11 is 0. The van der Waals surface area contributed by atoms with Gasteiger partial charge in [-0.2, -0.15) is 0 Å². The van der Waals surface area contributed by atoms with Crippen LogP contribution >= 0.6 is 0 Å². The maximum atomic E-state index is 10.7. The van der Waals surface area contributed by atoms with Crippen LogP contribution in [-0.4, -0.2) is 29.4 Å². The Labute approximate surface area is 94.5 Å². The minimum atomic E-state index is -0.941. The van der Waals surface area contributed by atoms with Gasteiger partial charge in [-0.3, -0.25) is 4.79 Å². The van der Waals surface area contributed by atoms with E-state index < -0.39 is 5.97 Å². The highest BCUT2D eigenvalue weighted by Crippen LogP contribution is 2.21. The fourth-order valence-corrected chi connectivity index (χ4v) is 1.68. The van der Waals surface area contributed by atoms with Gasteiger partial charge in [0, 0.05) is 7.05 Å². The molecule has 16 heavy (non-hydrogen) atoms. The van der Waals surface area contributed by atoms with Crippen LogP contribution in [0.25, 0.3) is 0 Å². The zero-order valence-electron chi connectivity index (χ0n) is 9.38. The van der Waals surface area contributed by atoms with Crippen molar-refractivity contribution < 1.29 is 14.7 Å². The Morgan fingerprint density at radius 1 is 1.44 bits per heavy atom. The molecule has 0 radical (unpaired) electrons. The zero-order valence-corrected chi connectivity index (χ0v) is 9.38. The summed E-state index contributed by atoms with van der Waals surface area (Å²) in [5, 5.41) is 8.76. The molecule has 4 nitrogen and oxygen atoms in total. The second-order valence-corrected chi connectivity index (χ2v) is 3.62. The number of nitrogens with zero attached hydrogens (tertiary/aromatic N) is 1. The molecule has 0 spiro atoms. The topological polar surface area (TPSA) is 57.6 Å². The second kappa shape index (κ2) is 5.30. The number of carbonyl (C=O) groups is 2. The third-order valence-electron chi connectivity index (χ3n) is 2.59. The van der Waals surface area contributed by atoms with Gasteiger partial charge in [0.25, 0.3) is 0 Å². The molecule has 0 aliphatic rings. The van der Waals surface area contributed by atoms with Crippen molar-refractivity contribution in [3.63, 3.8) is 0 Å². The number of hydrogen-bond donors (Lipinski definition) is 1. The summed E-state index contributed by atoms with van der Waals surface area (Å²) in [7, 11) is 1.71. The monoisotopic (exact) mass is 221 g/mol. The van der Waals surface area contributed by atoms with Gasteiger partial charge in [0.2, 0.25) is 6.41 Å². The molecule has 0 aliphatic carbocycles. The van der Waals surface area contributed by atoms with Crippen LogP contribution in [0.4, 0.5) is 0 Å². The Bertz CT molecular complexity index is 372. The highest BCUT2D eigenvalue weighted by Gasteiger charge is 2.13. The zero-order chi connectivity index (χ0) is 12.1. The molecular formula is C12H15NO3. The Morgan fingerprint density at radius 2 is 2.00 bits per heavy atom. The summed E-state index contributed by atoms with van der Waals surface area (Å²) in [6, 6.07) is 6.60. The summed E-state index contributed by atoms with van der Waals surface area (Å²) in [5.74, 6) is -0.941. The van der Waals surface area contributed by atoms with Gasteiger partial charge in [0.15, 0.2) is 0 Å². The summed E-state index contributed by atoms with van der Waals surface area (Å²) in [4.78, 5) is 22.9. The maximum absolute atomic E-state index is 10.7. The first-order valence-electron chi connectivity index (χ1n) is 5.10. The number of benzene rings is 1. The molecule has 0 aromatic heterocycles. The first kappa shape index (κ1) is 12.2. The van der Waals surface area contributed by atoms with Crippen molar-refractivity contribution in [1.82, 2.24) is 4.90 Å². The smallest absolute Gasteiger partial charge is 0.335 e. The molecule has 1 atom stereocenters. The van der Waals surface area contributed by atoms with Crippen LogP contribution in [0.1, 0.15) is 35.3 Å². The molecule has 1 unspecified atom stereocenters. The molecule has 1 aromatic carbocycles. The van der Waals surface area contributed by atoms with Crippen molar-refractivity contribution >= 4 is 12.4 Å². The third-order valence-corrected chi connectivity index (χ3v) is 2.59. The van der Waals surface area contributed by atoms with E-state index in [1.165, 1.54) is 0 Å². The van der Waals surface area contributed by atoms with E-state index in [1.807, 2.05) is 6.92 Å². The molecule has 0 saturated carbocycles. The predicted molar refractivity (Wildman–Crippen MR) is 60.3 cm³/mol. The van der Waals surface area contributed by atoms with E-state index >= 15 is 0 Å². The van der Waals surface area contributed by atoms with Gasteiger partial charge in [0.05, 0.1) is 11.6 Å². The van der Waals surface area contributed by atoms with Crippen LogP contribution in [0.3, 0.4) is 0 Å². The van der Waals surface area contributed by atoms with Crippen LogP contribution in [-0.2, 0) is 4.79 Å². The van der Waals surface area contributed by atoms with Crippen molar-refractivity contribution in [1.29, 1.82) is 0 Å². The molecule has 1 rings (SSSR count). The second-order valence-electron chi connectivity index (χ2n) is 3.62. The van der Waals surface area contributed by atoms with E-state index in [1.54, 1.807) is 36.2 Å². The molecular weight excluding hydrogens is 206 g/mol. The van der Waals surface area contributed by atoms with Crippen LogP contribution in [0.2, 0.25) is 0 Å². The van der Waals surface area contributed by atoms with Gasteiger partial charge in [0.1, 0.15) is 0 Å². The van der Waals surface area contributed by atoms with Crippen LogP contribution in [0, 0.1) is 0 Å². The van der Waals surface area contributed by atoms with Gasteiger partial charge < -0.3 is 10.0 Å². The highest BCUT2D eigenvalue weighted by atomic mass is 16.4. The van der Waals surface area contributed by atoms with Crippen molar-refractivity contribution in [3.8, 4) is 0 Å². The van der Waals surface area contributed by atoms with Crippen LogP contribution in [0.15, 0.2) is 24.3 Å². The Balaban J connectivity index is 2.94. The van der Waals surface area contributed by atoms with E-state index in [0.717, 1.165) is 18.4 Å². The fourth-order valence-electron chi connectivity index (χ4n) is 1.68. The molecule has 0 fully saturated rings. The largest absolute Gasteiger partial charge is 0.478 e. The van der Waals surface area contributed by atoms with Crippen molar-refractivity contribution in [2.45, 2.75) is 19.4 Å². The lowest BCUT2D eigenvalue weighted by Crippen LogP contribution is -2.22. The van der Waals surface area contributed by atoms with Gasteiger partial charge in [-0.25, -0.2) is 4.79 Å². The minimum absolute atomic E-state index is 0.000319. The number of carboxylic acid groups (broad SMARTS) is 1. The molecule has 4 heteroatoms. The van der Waals surface area contributed by atoms with Crippen molar-refractivity contribution in [3.05, 3.63) is 35.4 Å². The molecule has 1 N–H and O–H groups in total. The Morgan fingerprint density at radius 3 is 2.38 bits per heavy atom. The lowest BCUT2D eigenvalue weighted by molar-refractivity contribution is -0.119. The summed E-state index contributed by atoms with van der Waals surface area (Å²) in [6.45, 7) is 1.98. The molecule has 0 heterocycles. The molecule has 0 aliphatic heterocycles. The molecule has 1 amide bonds. The Kier molecular flexibility index (Phi) is 4.05. The molecule has 1 aromatic rings. The highest BCUT2D eigenvalue weighted by molar-refractivity contribution is 5.87. The number of carboxylic acids is 1. The lowest BCUT2D eigenvalue weighted by atomic mass is 10.0. The first-order chi connectivity index (χ1) is 7.60. The number of amides is 1. The standard InChI is InChI=1S/C12H15NO3/c1-3-11(13(2)8-14)9-4-6-10(7-5-9)12(15)16/h4-8,11H,3H2,1-2H3,(H,15,16). The third kappa shape index (κ3) is 2.59. The van der Waals surface area contributed by atoms with Gasteiger partial charge in [-0.1, -0.05) is 19.1 Å².